The number of hydrogen-bond acceptors (Lipinski definition) is 2. The van der Waals surface area contributed by atoms with E-state index in [1.165, 1.54) is 38.5 Å². The van der Waals surface area contributed by atoms with Gasteiger partial charge in [0, 0.05) is 25.6 Å². The average molecular weight is 262 g/mol. The van der Waals surface area contributed by atoms with Gasteiger partial charge >= 0.3 is 0 Å². The lowest BCUT2D eigenvalue weighted by molar-refractivity contribution is -0.135. The molecule has 1 unspecified atom stereocenters. The molecule has 1 aliphatic heterocycles. The summed E-state index contributed by atoms with van der Waals surface area (Å²) in [5.41, 5.74) is 6.33. The van der Waals surface area contributed by atoms with Gasteiger partial charge in [0.15, 0.2) is 0 Å². The van der Waals surface area contributed by atoms with Gasteiger partial charge in [-0.1, -0.05) is 0 Å². The van der Waals surface area contributed by atoms with Gasteiger partial charge < -0.3 is 10.6 Å². The SMILES string of the molecule is NCC1CCC(=O)N1CC12CC3CC(CC(C3)C1)C2. The molecule has 3 nitrogen and oxygen atoms in total. The molecule has 5 fully saturated rings. The first kappa shape index (κ1) is 12.2. The van der Waals surface area contributed by atoms with Crippen LogP contribution in [0.2, 0.25) is 0 Å². The molecule has 1 saturated heterocycles. The Morgan fingerprint density at radius 1 is 1.11 bits per heavy atom. The molecule has 0 spiro atoms. The van der Waals surface area contributed by atoms with Gasteiger partial charge in [0.2, 0.25) is 5.91 Å². The maximum atomic E-state index is 12.1. The molecule has 4 bridgehead atoms. The van der Waals surface area contributed by atoms with E-state index < -0.39 is 0 Å². The summed E-state index contributed by atoms with van der Waals surface area (Å²) in [5.74, 6) is 3.28. The molecule has 0 aromatic heterocycles. The third kappa shape index (κ3) is 1.93. The van der Waals surface area contributed by atoms with Crippen LogP contribution in [0.15, 0.2) is 0 Å². The van der Waals surface area contributed by atoms with E-state index in [4.69, 9.17) is 5.73 Å². The quantitative estimate of drug-likeness (QED) is 0.847. The lowest BCUT2D eigenvalue weighted by Gasteiger charge is -2.58. The van der Waals surface area contributed by atoms with Gasteiger partial charge in [-0.3, -0.25) is 4.79 Å². The molecule has 4 aliphatic carbocycles. The van der Waals surface area contributed by atoms with Crippen LogP contribution in [0.3, 0.4) is 0 Å². The van der Waals surface area contributed by atoms with E-state index in [0.717, 1.165) is 37.1 Å². The third-order valence-corrected chi connectivity index (χ3v) is 6.40. The summed E-state index contributed by atoms with van der Waals surface area (Å²) < 4.78 is 0. The summed E-state index contributed by atoms with van der Waals surface area (Å²) >= 11 is 0. The van der Waals surface area contributed by atoms with Crippen LogP contribution < -0.4 is 5.73 Å². The van der Waals surface area contributed by atoms with Crippen molar-refractivity contribution in [3.8, 4) is 0 Å². The zero-order chi connectivity index (χ0) is 13.0. The number of hydrogen-bond donors (Lipinski definition) is 1. The Bertz CT molecular complexity index is 357. The van der Waals surface area contributed by atoms with E-state index in [9.17, 15) is 4.79 Å². The molecule has 0 aromatic rings. The number of nitrogens with two attached hydrogens (primary N) is 1. The maximum absolute atomic E-state index is 12.1. The average Bonchev–Trinajstić information content (AvgIpc) is 2.68. The molecule has 4 saturated carbocycles. The molecule has 0 aromatic carbocycles. The lowest BCUT2D eigenvalue weighted by atomic mass is 9.49. The number of carbonyl (C=O) groups is 1. The molecule has 2 N–H and O–H groups in total. The highest BCUT2D eigenvalue weighted by atomic mass is 16.2. The Balaban J connectivity index is 1.54. The van der Waals surface area contributed by atoms with Crippen molar-refractivity contribution in [1.29, 1.82) is 0 Å². The minimum atomic E-state index is 0.334. The Morgan fingerprint density at radius 3 is 2.21 bits per heavy atom. The fourth-order valence-corrected chi connectivity index (χ4v) is 6.10. The Kier molecular flexibility index (Phi) is 2.70. The van der Waals surface area contributed by atoms with Crippen LogP contribution in [0.1, 0.15) is 51.4 Å². The molecule has 19 heavy (non-hydrogen) atoms. The van der Waals surface area contributed by atoms with Gasteiger partial charge in [0.1, 0.15) is 0 Å². The monoisotopic (exact) mass is 262 g/mol. The summed E-state index contributed by atoms with van der Waals surface area (Å²) in [4.78, 5) is 14.3. The zero-order valence-corrected chi connectivity index (χ0v) is 11.8. The van der Waals surface area contributed by atoms with E-state index in [2.05, 4.69) is 4.90 Å². The number of likely N-dealkylation sites (tertiary alicyclic amines) is 1. The second kappa shape index (κ2) is 4.21. The summed E-state index contributed by atoms with van der Waals surface area (Å²) in [6, 6.07) is 0.334. The van der Waals surface area contributed by atoms with Crippen LogP contribution in [0.4, 0.5) is 0 Å². The predicted octanol–water partition coefficient (Wildman–Crippen LogP) is 2.15. The minimum absolute atomic E-state index is 0.334. The van der Waals surface area contributed by atoms with E-state index in [1.807, 2.05) is 0 Å². The summed E-state index contributed by atoms with van der Waals surface area (Å²) in [5, 5.41) is 0. The molecule has 0 radical (unpaired) electrons. The Labute approximate surface area is 115 Å². The second-order valence-electron chi connectivity index (χ2n) is 7.87. The van der Waals surface area contributed by atoms with Crippen molar-refractivity contribution < 1.29 is 4.79 Å². The number of amides is 1. The van der Waals surface area contributed by atoms with Gasteiger partial charge in [0.25, 0.3) is 0 Å². The predicted molar refractivity (Wildman–Crippen MR) is 74.4 cm³/mol. The van der Waals surface area contributed by atoms with E-state index in [0.29, 0.717) is 23.9 Å². The summed E-state index contributed by atoms with van der Waals surface area (Å²) in [7, 11) is 0. The molecular formula is C16H26N2O. The Hall–Kier alpha value is -0.570. The highest BCUT2D eigenvalue weighted by Crippen LogP contribution is 2.60. The standard InChI is InChI=1S/C16H26N2O/c17-9-14-1-2-15(19)18(14)10-16-6-11-3-12(7-16)5-13(4-11)8-16/h11-14H,1-10,17H2. The first-order chi connectivity index (χ1) is 9.17. The van der Waals surface area contributed by atoms with Crippen molar-refractivity contribution in [2.75, 3.05) is 13.1 Å². The normalized spacial score (nSPS) is 48.3. The lowest BCUT2D eigenvalue weighted by Crippen LogP contribution is -2.53. The van der Waals surface area contributed by atoms with Gasteiger partial charge in [-0.2, -0.15) is 0 Å². The topological polar surface area (TPSA) is 46.3 Å². The van der Waals surface area contributed by atoms with Crippen molar-refractivity contribution in [2.45, 2.75) is 57.4 Å². The highest BCUT2D eigenvalue weighted by Gasteiger charge is 2.52. The van der Waals surface area contributed by atoms with Crippen molar-refractivity contribution in [3.05, 3.63) is 0 Å². The van der Waals surface area contributed by atoms with Gasteiger partial charge in [-0.25, -0.2) is 0 Å². The molecule has 1 amide bonds. The smallest absolute Gasteiger partial charge is 0.222 e. The molecule has 5 aliphatic rings. The number of rotatable bonds is 3. The molecular weight excluding hydrogens is 236 g/mol. The van der Waals surface area contributed by atoms with Crippen LogP contribution in [0.5, 0.6) is 0 Å². The largest absolute Gasteiger partial charge is 0.338 e. The van der Waals surface area contributed by atoms with E-state index >= 15 is 0 Å². The Morgan fingerprint density at radius 2 is 1.68 bits per heavy atom. The van der Waals surface area contributed by atoms with Crippen LogP contribution in [-0.2, 0) is 4.79 Å². The van der Waals surface area contributed by atoms with E-state index in [-0.39, 0.29) is 0 Å². The summed E-state index contributed by atoms with van der Waals surface area (Å²) in [6.45, 7) is 1.68. The minimum Gasteiger partial charge on any atom is -0.338 e. The third-order valence-electron chi connectivity index (χ3n) is 6.40. The van der Waals surface area contributed by atoms with Gasteiger partial charge in [-0.15, -0.1) is 0 Å². The zero-order valence-electron chi connectivity index (χ0n) is 11.8. The van der Waals surface area contributed by atoms with Crippen molar-refractivity contribution in [1.82, 2.24) is 4.90 Å². The first-order valence-corrected chi connectivity index (χ1v) is 8.17. The fourth-order valence-electron chi connectivity index (χ4n) is 6.10. The van der Waals surface area contributed by atoms with Crippen molar-refractivity contribution in [3.63, 3.8) is 0 Å². The van der Waals surface area contributed by atoms with E-state index in [1.54, 1.807) is 0 Å². The molecule has 106 valence electrons. The first-order valence-electron chi connectivity index (χ1n) is 8.17. The molecule has 1 atom stereocenters. The van der Waals surface area contributed by atoms with Crippen LogP contribution in [0, 0.1) is 23.2 Å². The maximum Gasteiger partial charge on any atom is 0.222 e. The van der Waals surface area contributed by atoms with Crippen LogP contribution >= 0.6 is 0 Å². The van der Waals surface area contributed by atoms with Crippen LogP contribution in [-0.4, -0.2) is 29.9 Å². The number of nitrogens with zero attached hydrogens (tertiary/aromatic N) is 1. The number of carbonyl (C=O) groups excluding carboxylic acids is 1. The van der Waals surface area contributed by atoms with Crippen LogP contribution in [0.25, 0.3) is 0 Å². The molecule has 1 heterocycles. The van der Waals surface area contributed by atoms with Gasteiger partial charge in [0.05, 0.1) is 0 Å². The second-order valence-corrected chi connectivity index (χ2v) is 7.87. The van der Waals surface area contributed by atoms with Crippen molar-refractivity contribution in [2.24, 2.45) is 28.9 Å². The van der Waals surface area contributed by atoms with Crippen molar-refractivity contribution >= 4 is 5.91 Å². The summed E-state index contributed by atoms with van der Waals surface area (Å²) in [6.07, 6.45) is 10.3. The highest BCUT2D eigenvalue weighted by molar-refractivity contribution is 5.78. The molecule has 5 rings (SSSR count). The van der Waals surface area contributed by atoms with Gasteiger partial charge in [-0.05, 0) is 68.1 Å². The fraction of sp³-hybridized carbons (Fsp3) is 0.938. The molecule has 3 heteroatoms.